The molecule has 3 nitrogen and oxygen atoms in total. The van der Waals surface area contributed by atoms with Crippen LogP contribution in [-0.4, -0.2) is 26.2 Å². The van der Waals surface area contributed by atoms with Gasteiger partial charge in [-0.3, -0.25) is 4.79 Å². The normalized spacial score (nSPS) is 11.5. The maximum atomic E-state index is 11.0. The quantitative estimate of drug-likeness (QED) is 0.521. The molecule has 0 saturated heterocycles. The van der Waals surface area contributed by atoms with Crippen LogP contribution in [-0.2, 0) is 9.53 Å². The van der Waals surface area contributed by atoms with Gasteiger partial charge in [0.1, 0.15) is 6.61 Å². The predicted octanol–water partition coefficient (Wildman–Crippen LogP) is 2.36. The fourth-order valence-corrected chi connectivity index (χ4v) is 1.50. The van der Waals surface area contributed by atoms with Crippen molar-refractivity contribution in [1.82, 2.24) is 5.32 Å². The van der Waals surface area contributed by atoms with Crippen LogP contribution in [0, 0.1) is 17.8 Å². The summed E-state index contributed by atoms with van der Waals surface area (Å²) in [7, 11) is 1.50. The van der Waals surface area contributed by atoms with Crippen LogP contribution >= 0.6 is 0 Å². The van der Waals surface area contributed by atoms with Crippen LogP contribution in [0.1, 0.15) is 46.0 Å². The van der Waals surface area contributed by atoms with Gasteiger partial charge >= 0.3 is 0 Å². The van der Waals surface area contributed by atoms with E-state index >= 15 is 0 Å². The number of unbranched alkanes of at least 4 members (excludes halogenated alkanes) is 3. The highest BCUT2D eigenvalue weighted by atomic mass is 16.5. The summed E-state index contributed by atoms with van der Waals surface area (Å²) in [6.07, 6.45) is 6.28. The molecule has 0 aromatic carbocycles. The maximum Gasteiger partial charge on any atom is 0.246 e. The second kappa shape index (κ2) is 11.5. The Bertz CT molecular complexity index is 253. The van der Waals surface area contributed by atoms with Gasteiger partial charge in [-0.15, -0.1) is 0 Å². The Kier molecular flexibility index (Phi) is 10.8. The zero-order valence-corrected chi connectivity index (χ0v) is 11.3. The molecule has 1 unspecified atom stereocenters. The monoisotopic (exact) mass is 239 g/mol. The first-order valence-electron chi connectivity index (χ1n) is 6.44. The third-order valence-electron chi connectivity index (χ3n) is 2.49. The molecule has 1 atom stereocenters. The minimum atomic E-state index is -0.114. The van der Waals surface area contributed by atoms with Gasteiger partial charge in [0.05, 0.1) is 6.54 Å². The lowest BCUT2D eigenvalue weighted by atomic mass is 10.0. The number of carbonyl (C=O) groups excluding carboxylic acids is 1. The van der Waals surface area contributed by atoms with Gasteiger partial charge in [0, 0.05) is 13.0 Å². The van der Waals surface area contributed by atoms with Crippen LogP contribution in [0.25, 0.3) is 0 Å². The Morgan fingerprint density at radius 1 is 1.35 bits per heavy atom. The molecule has 0 rings (SSSR count). The number of hydrogen-bond acceptors (Lipinski definition) is 2. The fraction of sp³-hybridized carbons (Fsp3) is 0.786. The minimum absolute atomic E-state index is 0.105. The van der Waals surface area contributed by atoms with E-state index in [9.17, 15) is 4.79 Å². The summed E-state index contributed by atoms with van der Waals surface area (Å²) in [4.78, 5) is 11.0. The Morgan fingerprint density at radius 2 is 2.12 bits per heavy atom. The highest BCUT2D eigenvalue weighted by molar-refractivity contribution is 5.77. The van der Waals surface area contributed by atoms with Crippen molar-refractivity contribution >= 4 is 5.91 Å². The average Bonchev–Trinajstić information content (AvgIpc) is 2.31. The van der Waals surface area contributed by atoms with E-state index in [1.165, 1.54) is 32.8 Å². The molecule has 0 heterocycles. The molecule has 0 saturated carbocycles. The Balaban J connectivity index is 3.53. The number of methoxy groups -OCH3 is 1. The smallest absolute Gasteiger partial charge is 0.246 e. The van der Waals surface area contributed by atoms with Gasteiger partial charge in [-0.05, 0) is 6.42 Å². The van der Waals surface area contributed by atoms with E-state index in [0.717, 1.165) is 6.42 Å². The SMILES string of the molecule is CCCCCCC(C)C#CCNC(=O)COC. The zero-order chi connectivity index (χ0) is 12.9. The highest BCUT2D eigenvalue weighted by Crippen LogP contribution is 2.09. The molecule has 0 aromatic rings. The first-order valence-corrected chi connectivity index (χ1v) is 6.44. The zero-order valence-electron chi connectivity index (χ0n) is 11.3. The van der Waals surface area contributed by atoms with Crippen LogP contribution in [0.5, 0.6) is 0 Å². The number of carbonyl (C=O) groups is 1. The summed E-state index contributed by atoms with van der Waals surface area (Å²) in [6, 6.07) is 0. The number of amides is 1. The summed E-state index contributed by atoms with van der Waals surface area (Å²) in [6.45, 7) is 4.87. The van der Waals surface area contributed by atoms with Crippen molar-refractivity contribution in [2.24, 2.45) is 5.92 Å². The average molecular weight is 239 g/mol. The van der Waals surface area contributed by atoms with Crippen molar-refractivity contribution in [3.8, 4) is 11.8 Å². The van der Waals surface area contributed by atoms with Crippen LogP contribution in [0.3, 0.4) is 0 Å². The van der Waals surface area contributed by atoms with Crippen LogP contribution in [0.15, 0.2) is 0 Å². The van der Waals surface area contributed by atoms with Gasteiger partial charge in [-0.1, -0.05) is 51.4 Å². The lowest BCUT2D eigenvalue weighted by Gasteiger charge is -2.03. The first-order chi connectivity index (χ1) is 8.20. The van der Waals surface area contributed by atoms with Gasteiger partial charge in [0.15, 0.2) is 0 Å². The lowest BCUT2D eigenvalue weighted by molar-refractivity contribution is -0.124. The largest absolute Gasteiger partial charge is 0.375 e. The lowest BCUT2D eigenvalue weighted by Crippen LogP contribution is -2.27. The van der Waals surface area contributed by atoms with E-state index in [2.05, 4.69) is 31.0 Å². The predicted molar refractivity (Wildman–Crippen MR) is 70.6 cm³/mol. The molecule has 98 valence electrons. The van der Waals surface area contributed by atoms with Crippen molar-refractivity contribution < 1.29 is 9.53 Å². The Morgan fingerprint density at radius 3 is 2.76 bits per heavy atom. The molecule has 3 heteroatoms. The standard InChI is InChI=1S/C14H25NO2/c1-4-5-6-7-9-13(2)10-8-11-15-14(16)12-17-3/h13H,4-7,9,11-12H2,1-3H3,(H,15,16). The molecular weight excluding hydrogens is 214 g/mol. The van der Waals surface area contributed by atoms with Crippen molar-refractivity contribution in [3.63, 3.8) is 0 Å². The van der Waals surface area contributed by atoms with Crippen LogP contribution in [0.2, 0.25) is 0 Å². The summed E-state index contributed by atoms with van der Waals surface area (Å²) < 4.78 is 4.70. The van der Waals surface area contributed by atoms with Crippen molar-refractivity contribution in [3.05, 3.63) is 0 Å². The summed E-state index contributed by atoms with van der Waals surface area (Å²) >= 11 is 0. The second-order valence-electron chi connectivity index (χ2n) is 4.28. The molecule has 0 spiro atoms. The van der Waals surface area contributed by atoms with E-state index in [0.29, 0.717) is 12.5 Å². The van der Waals surface area contributed by atoms with Gasteiger partial charge < -0.3 is 10.1 Å². The summed E-state index contributed by atoms with van der Waals surface area (Å²) in [5.41, 5.74) is 0. The van der Waals surface area contributed by atoms with Crippen LogP contribution in [0.4, 0.5) is 0 Å². The number of rotatable bonds is 8. The van der Waals surface area contributed by atoms with Gasteiger partial charge in [0.2, 0.25) is 5.91 Å². The molecule has 1 N–H and O–H groups in total. The third-order valence-corrected chi connectivity index (χ3v) is 2.49. The molecule has 0 aliphatic carbocycles. The van der Waals surface area contributed by atoms with Crippen molar-refractivity contribution in [2.45, 2.75) is 46.0 Å². The fourth-order valence-electron chi connectivity index (χ4n) is 1.50. The Hall–Kier alpha value is -1.01. The van der Waals surface area contributed by atoms with Crippen molar-refractivity contribution in [1.29, 1.82) is 0 Å². The molecule has 0 aromatic heterocycles. The van der Waals surface area contributed by atoms with E-state index in [4.69, 9.17) is 4.74 Å². The first kappa shape index (κ1) is 16.0. The van der Waals surface area contributed by atoms with E-state index < -0.39 is 0 Å². The molecule has 0 aliphatic heterocycles. The number of nitrogens with one attached hydrogen (secondary N) is 1. The van der Waals surface area contributed by atoms with E-state index in [-0.39, 0.29) is 12.5 Å². The van der Waals surface area contributed by atoms with Gasteiger partial charge in [-0.25, -0.2) is 0 Å². The minimum Gasteiger partial charge on any atom is -0.375 e. The molecule has 17 heavy (non-hydrogen) atoms. The maximum absolute atomic E-state index is 11.0. The summed E-state index contributed by atoms with van der Waals surface area (Å²) in [5, 5.41) is 2.68. The van der Waals surface area contributed by atoms with Gasteiger partial charge in [0.25, 0.3) is 0 Å². The Labute approximate surface area is 105 Å². The van der Waals surface area contributed by atoms with E-state index in [1.54, 1.807) is 0 Å². The molecular formula is C14H25NO2. The number of ether oxygens (including phenoxy) is 1. The van der Waals surface area contributed by atoms with E-state index in [1.807, 2.05) is 0 Å². The van der Waals surface area contributed by atoms with Gasteiger partial charge in [-0.2, -0.15) is 0 Å². The molecule has 0 radical (unpaired) electrons. The molecule has 0 aliphatic rings. The molecule has 1 amide bonds. The second-order valence-corrected chi connectivity index (χ2v) is 4.28. The van der Waals surface area contributed by atoms with Crippen molar-refractivity contribution in [2.75, 3.05) is 20.3 Å². The van der Waals surface area contributed by atoms with Crippen LogP contribution < -0.4 is 5.32 Å². The molecule has 0 fully saturated rings. The third kappa shape index (κ3) is 11.3. The molecule has 0 bridgehead atoms. The highest BCUT2D eigenvalue weighted by Gasteiger charge is 1.97. The number of hydrogen-bond donors (Lipinski definition) is 1. The topological polar surface area (TPSA) is 38.3 Å². The summed E-state index contributed by atoms with van der Waals surface area (Å²) in [5.74, 6) is 6.44.